The first-order valence-electron chi connectivity index (χ1n) is 9.25. The molecule has 1 atom stereocenters. The number of aromatic nitrogens is 5. The Morgan fingerprint density at radius 3 is 2.50 bits per heavy atom. The van der Waals surface area contributed by atoms with Crippen molar-refractivity contribution >= 4 is 29.3 Å². The summed E-state index contributed by atoms with van der Waals surface area (Å²) in [5.74, 6) is 1.47. The maximum atomic E-state index is 13.4. The van der Waals surface area contributed by atoms with Gasteiger partial charge in [-0.1, -0.05) is 25.0 Å². The number of imidazole rings is 1. The number of hydrogen-bond acceptors (Lipinski definition) is 6. The van der Waals surface area contributed by atoms with Crippen LogP contribution in [0.15, 0.2) is 36.8 Å². The molecule has 0 radical (unpaired) electrons. The molecule has 1 saturated carbocycles. The second-order valence-electron chi connectivity index (χ2n) is 7.02. The van der Waals surface area contributed by atoms with Gasteiger partial charge in [-0.15, -0.1) is 0 Å². The number of nitrogens with zero attached hydrogens (tertiary/aromatic N) is 5. The highest BCUT2D eigenvalue weighted by Gasteiger charge is 2.27. The van der Waals surface area contributed by atoms with E-state index in [0.717, 1.165) is 18.4 Å². The lowest BCUT2D eigenvalue weighted by molar-refractivity contribution is 0.467. The van der Waals surface area contributed by atoms with Crippen LogP contribution in [0.1, 0.15) is 37.3 Å². The maximum absolute atomic E-state index is 13.4. The van der Waals surface area contributed by atoms with Crippen molar-refractivity contribution in [1.82, 2.24) is 24.5 Å². The van der Waals surface area contributed by atoms with Crippen molar-refractivity contribution in [1.29, 1.82) is 0 Å². The first-order chi connectivity index (χ1) is 13.6. The molecule has 1 aliphatic rings. The van der Waals surface area contributed by atoms with Crippen LogP contribution >= 0.6 is 11.6 Å². The van der Waals surface area contributed by atoms with Crippen molar-refractivity contribution in [2.75, 3.05) is 10.6 Å². The van der Waals surface area contributed by atoms with Crippen LogP contribution in [0, 0.1) is 11.7 Å². The Morgan fingerprint density at radius 2 is 1.82 bits per heavy atom. The average Bonchev–Trinajstić information content (AvgIpc) is 3.32. The van der Waals surface area contributed by atoms with Gasteiger partial charge in [0.15, 0.2) is 5.82 Å². The van der Waals surface area contributed by atoms with Gasteiger partial charge in [-0.05, 0) is 48.1 Å². The van der Waals surface area contributed by atoms with Crippen molar-refractivity contribution in [3.63, 3.8) is 0 Å². The summed E-state index contributed by atoms with van der Waals surface area (Å²) in [6, 6.07) is 6.55. The normalized spacial score (nSPS) is 15.5. The Kier molecular flexibility index (Phi) is 5.38. The Morgan fingerprint density at radius 1 is 1.11 bits per heavy atom. The molecule has 0 saturated heterocycles. The second kappa shape index (κ2) is 8.10. The predicted octanol–water partition coefficient (Wildman–Crippen LogP) is 4.48. The summed E-state index contributed by atoms with van der Waals surface area (Å²) in [6.07, 6.45) is 8.07. The number of anilines is 3. The number of halogens is 2. The molecule has 0 amide bonds. The van der Waals surface area contributed by atoms with Crippen LogP contribution in [0.4, 0.5) is 22.1 Å². The quantitative estimate of drug-likeness (QED) is 0.633. The Hall–Kier alpha value is -2.74. The molecule has 1 fully saturated rings. The van der Waals surface area contributed by atoms with Crippen molar-refractivity contribution in [3.8, 4) is 0 Å². The number of hydrogen-bond donors (Lipinski definition) is 2. The summed E-state index contributed by atoms with van der Waals surface area (Å²) in [5, 5.41) is 6.51. The molecule has 0 spiro atoms. The standard InChI is InChI=1S/C19H21ClFN7/c1-28-10-15(22-11-28)23-18-25-17(20)26-19(27-18)24-16(12-4-2-3-5-12)13-6-8-14(21)9-7-13/h6-12,16H,2-5H2,1H3,(H2,23,24,25,26,27)/t16-/m0/s1. The molecule has 2 N–H and O–H groups in total. The monoisotopic (exact) mass is 401 g/mol. The zero-order valence-corrected chi connectivity index (χ0v) is 16.2. The molecule has 146 valence electrons. The Bertz CT molecular complexity index is 938. The molecule has 7 nitrogen and oxygen atoms in total. The summed E-state index contributed by atoms with van der Waals surface area (Å²) in [5.41, 5.74) is 1.00. The lowest BCUT2D eigenvalue weighted by Crippen LogP contribution is -2.21. The first kappa shape index (κ1) is 18.6. The van der Waals surface area contributed by atoms with E-state index in [9.17, 15) is 4.39 Å². The number of nitrogens with one attached hydrogen (secondary N) is 2. The van der Waals surface area contributed by atoms with E-state index in [1.54, 1.807) is 18.5 Å². The number of rotatable bonds is 6. The fraction of sp³-hybridized carbons (Fsp3) is 0.368. The van der Waals surface area contributed by atoms with E-state index < -0.39 is 0 Å². The van der Waals surface area contributed by atoms with Crippen LogP contribution in [0.5, 0.6) is 0 Å². The minimum absolute atomic E-state index is 0.0238. The third-order valence-corrected chi connectivity index (χ3v) is 5.11. The summed E-state index contributed by atoms with van der Waals surface area (Å²) in [7, 11) is 1.88. The van der Waals surface area contributed by atoms with Gasteiger partial charge in [0.2, 0.25) is 17.2 Å². The topological polar surface area (TPSA) is 80.5 Å². The fourth-order valence-corrected chi connectivity index (χ4v) is 3.80. The molecule has 4 rings (SSSR count). The molecule has 9 heteroatoms. The summed E-state index contributed by atoms with van der Waals surface area (Å²) >= 11 is 6.11. The molecular formula is C19H21ClFN7. The summed E-state index contributed by atoms with van der Waals surface area (Å²) in [4.78, 5) is 17.0. The molecule has 28 heavy (non-hydrogen) atoms. The molecule has 0 aliphatic heterocycles. The maximum Gasteiger partial charge on any atom is 0.234 e. The van der Waals surface area contributed by atoms with Crippen LogP contribution in [-0.4, -0.2) is 24.5 Å². The van der Waals surface area contributed by atoms with Gasteiger partial charge >= 0.3 is 0 Å². The van der Waals surface area contributed by atoms with Gasteiger partial charge in [-0.3, -0.25) is 0 Å². The van der Waals surface area contributed by atoms with Gasteiger partial charge in [0.1, 0.15) is 5.82 Å². The van der Waals surface area contributed by atoms with E-state index in [0.29, 0.717) is 23.6 Å². The van der Waals surface area contributed by atoms with Gasteiger partial charge < -0.3 is 15.2 Å². The third kappa shape index (κ3) is 4.39. The zero-order valence-electron chi connectivity index (χ0n) is 15.4. The van der Waals surface area contributed by atoms with Gasteiger partial charge in [0.05, 0.1) is 12.4 Å². The van der Waals surface area contributed by atoms with Crippen molar-refractivity contribution in [2.45, 2.75) is 31.7 Å². The Balaban J connectivity index is 1.59. The minimum Gasteiger partial charge on any atom is -0.347 e. The Labute approximate surface area is 167 Å². The van der Waals surface area contributed by atoms with E-state index in [1.165, 1.54) is 25.0 Å². The molecule has 2 aromatic heterocycles. The number of benzene rings is 1. The van der Waals surface area contributed by atoms with Crippen LogP contribution in [0.3, 0.4) is 0 Å². The van der Waals surface area contributed by atoms with Crippen molar-refractivity contribution in [2.24, 2.45) is 13.0 Å². The van der Waals surface area contributed by atoms with E-state index in [1.807, 2.05) is 17.8 Å². The largest absolute Gasteiger partial charge is 0.347 e. The first-order valence-corrected chi connectivity index (χ1v) is 9.63. The molecule has 3 aromatic rings. The third-order valence-electron chi connectivity index (χ3n) is 4.94. The van der Waals surface area contributed by atoms with Gasteiger partial charge in [0.25, 0.3) is 0 Å². The summed E-state index contributed by atoms with van der Waals surface area (Å²) in [6.45, 7) is 0. The molecule has 0 bridgehead atoms. The molecule has 1 aliphatic carbocycles. The van der Waals surface area contributed by atoms with E-state index >= 15 is 0 Å². The zero-order chi connectivity index (χ0) is 19.5. The molecule has 2 heterocycles. The van der Waals surface area contributed by atoms with Crippen molar-refractivity contribution in [3.05, 3.63) is 53.5 Å². The molecule has 1 aromatic carbocycles. The van der Waals surface area contributed by atoms with Crippen molar-refractivity contribution < 1.29 is 4.39 Å². The van der Waals surface area contributed by atoms with Gasteiger partial charge in [-0.25, -0.2) is 9.37 Å². The second-order valence-corrected chi connectivity index (χ2v) is 7.36. The van der Waals surface area contributed by atoms with E-state index in [4.69, 9.17) is 11.6 Å². The van der Waals surface area contributed by atoms with Crippen LogP contribution in [-0.2, 0) is 7.05 Å². The smallest absolute Gasteiger partial charge is 0.234 e. The fourth-order valence-electron chi connectivity index (χ4n) is 3.64. The SMILES string of the molecule is Cn1cnc(Nc2nc(Cl)nc(N[C@H](c3ccc(F)cc3)C3CCCC3)n2)c1. The summed E-state index contributed by atoms with van der Waals surface area (Å²) < 4.78 is 15.2. The highest BCUT2D eigenvalue weighted by Crippen LogP contribution is 2.37. The lowest BCUT2D eigenvalue weighted by Gasteiger charge is -2.25. The lowest BCUT2D eigenvalue weighted by atomic mass is 9.92. The minimum atomic E-state index is -0.251. The van der Waals surface area contributed by atoms with Crippen LogP contribution in [0.2, 0.25) is 5.28 Å². The number of aryl methyl sites for hydroxylation is 1. The average molecular weight is 402 g/mol. The molecular weight excluding hydrogens is 381 g/mol. The predicted molar refractivity (Wildman–Crippen MR) is 106 cm³/mol. The highest BCUT2D eigenvalue weighted by molar-refractivity contribution is 6.28. The van der Waals surface area contributed by atoms with Crippen LogP contribution in [0.25, 0.3) is 0 Å². The van der Waals surface area contributed by atoms with E-state index in [-0.39, 0.29) is 17.1 Å². The van der Waals surface area contributed by atoms with Gasteiger partial charge in [-0.2, -0.15) is 15.0 Å². The van der Waals surface area contributed by atoms with Gasteiger partial charge in [0, 0.05) is 13.2 Å². The molecule has 0 unspecified atom stereocenters. The van der Waals surface area contributed by atoms with E-state index in [2.05, 4.69) is 30.6 Å². The van der Waals surface area contributed by atoms with Crippen LogP contribution < -0.4 is 10.6 Å². The highest BCUT2D eigenvalue weighted by atomic mass is 35.5.